The molecule has 3 amide bonds. The van der Waals surface area contributed by atoms with E-state index in [0.717, 1.165) is 23.1 Å². The Hall–Kier alpha value is -5.21. The van der Waals surface area contributed by atoms with Crippen molar-refractivity contribution < 1.29 is 18.4 Å². The van der Waals surface area contributed by atoms with Gasteiger partial charge in [-0.05, 0) is 61.0 Å². The number of likely N-dealkylation sites (N-methyl/N-ethyl adjacent to an activating group) is 1. The fourth-order valence-electron chi connectivity index (χ4n) is 5.80. The molecule has 0 aliphatic carbocycles. The van der Waals surface area contributed by atoms with E-state index < -0.39 is 29.4 Å². The number of urea groups is 1. The molecule has 14 heteroatoms. The minimum absolute atomic E-state index is 0.0707. The highest BCUT2D eigenvalue weighted by Gasteiger charge is 2.26. The monoisotopic (exact) mass is 673 g/mol. The number of pyridine rings is 1. The smallest absolute Gasteiger partial charge is 0.338 e. The minimum atomic E-state index is -0.821. The first-order chi connectivity index (χ1) is 23.2. The molecule has 248 valence electrons. The number of aromatic nitrogens is 3. The van der Waals surface area contributed by atoms with E-state index in [-0.39, 0.29) is 40.1 Å². The highest BCUT2D eigenvalue weighted by atomic mass is 32.1. The van der Waals surface area contributed by atoms with Gasteiger partial charge in [-0.15, -0.1) is 11.3 Å². The highest BCUT2D eigenvalue weighted by molar-refractivity contribution is 7.22. The van der Waals surface area contributed by atoms with Crippen molar-refractivity contribution in [2.75, 3.05) is 39.0 Å². The van der Waals surface area contributed by atoms with Gasteiger partial charge in [-0.25, -0.2) is 27.9 Å². The molecule has 1 saturated heterocycles. The van der Waals surface area contributed by atoms with Crippen LogP contribution in [0, 0.1) is 11.6 Å². The Morgan fingerprint density at radius 1 is 1.00 bits per heavy atom. The van der Waals surface area contributed by atoms with E-state index in [9.17, 15) is 28.0 Å². The van der Waals surface area contributed by atoms with Crippen LogP contribution >= 0.6 is 11.3 Å². The summed E-state index contributed by atoms with van der Waals surface area (Å²) < 4.78 is 32.1. The molecule has 2 N–H and O–H groups in total. The third-order valence-corrected chi connectivity index (χ3v) is 9.62. The first-order valence-electron chi connectivity index (χ1n) is 15.4. The zero-order valence-electron chi connectivity index (χ0n) is 26.3. The van der Waals surface area contributed by atoms with Gasteiger partial charge in [0.25, 0.3) is 5.56 Å². The topological polar surface area (TPSA) is 122 Å². The van der Waals surface area contributed by atoms with Crippen molar-refractivity contribution in [1.82, 2.24) is 29.2 Å². The van der Waals surface area contributed by atoms with E-state index >= 15 is 0 Å². The van der Waals surface area contributed by atoms with Crippen LogP contribution in [0.25, 0.3) is 26.5 Å². The second-order valence-electron chi connectivity index (χ2n) is 11.5. The van der Waals surface area contributed by atoms with Crippen LogP contribution in [-0.4, -0.2) is 69.6 Å². The number of carbonyl (C=O) groups excluding carboxylic acids is 2. The first kappa shape index (κ1) is 32.7. The zero-order valence-corrected chi connectivity index (χ0v) is 27.2. The van der Waals surface area contributed by atoms with E-state index in [1.165, 1.54) is 41.3 Å². The number of amides is 3. The number of fused-ring (bicyclic) bond motifs is 1. The Balaban J connectivity index is 1.55. The average molecular weight is 674 g/mol. The molecule has 3 aromatic heterocycles. The number of thiophene rings is 1. The van der Waals surface area contributed by atoms with Gasteiger partial charge in [-0.3, -0.25) is 14.2 Å². The van der Waals surface area contributed by atoms with E-state index in [2.05, 4.69) is 15.6 Å². The number of hydrogen-bond donors (Lipinski definition) is 2. The maximum atomic E-state index is 15.0. The van der Waals surface area contributed by atoms with E-state index in [4.69, 9.17) is 0 Å². The van der Waals surface area contributed by atoms with Crippen molar-refractivity contribution in [3.8, 4) is 16.3 Å². The number of nitrogens with one attached hydrogen (secondary N) is 2. The normalized spacial score (nSPS) is 13.1. The quantitative estimate of drug-likeness (QED) is 0.227. The van der Waals surface area contributed by atoms with Gasteiger partial charge in [-0.2, -0.15) is 0 Å². The molecule has 1 aliphatic rings. The second kappa shape index (κ2) is 13.9. The third kappa shape index (κ3) is 6.49. The van der Waals surface area contributed by atoms with Gasteiger partial charge in [-0.1, -0.05) is 24.3 Å². The van der Waals surface area contributed by atoms with Crippen LogP contribution in [0.5, 0.6) is 0 Å². The third-order valence-electron chi connectivity index (χ3n) is 8.31. The van der Waals surface area contributed by atoms with Crippen molar-refractivity contribution in [3.05, 3.63) is 110 Å². The van der Waals surface area contributed by atoms with Gasteiger partial charge in [0, 0.05) is 62.0 Å². The molecule has 1 aliphatic heterocycles. The van der Waals surface area contributed by atoms with E-state index in [1.807, 2.05) is 16.8 Å². The Kier molecular flexibility index (Phi) is 9.46. The Bertz CT molecular complexity index is 2090. The maximum Gasteiger partial charge on any atom is 0.338 e. The lowest BCUT2D eigenvalue weighted by atomic mass is 10.1. The van der Waals surface area contributed by atoms with Gasteiger partial charge >= 0.3 is 11.7 Å². The number of halogens is 2. The molecule has 0 unspecified atom stereocenters. The number of rotatable bonds is 10. The zero-order chi connectivity index (χ0) is 33.9. The Morgan fingerprint density at radius 2 is 1.75 bits per heavy atom. The number of likely N-dealkylation sites (tertiary alicyclic amines) is 1. The maximum absolute atomic E-state index is 15.0. The highest BCUT2D eigenvalue weighted by Crippen LogP contribution is 2.38. The van der Waals surface area contributed by atoms with Gasteiger partial charge in [0.15, 0.2) is 0 Å². The summed E-state index contributed by atoms with van der Waals surface area (Å²) in [6.45, 7) is 1.53. The van der Waals surface area contributed by atoms with Crippen molar-refractivity contribution >= 4 is 39.2 Å². The fourth-order valence-corrected chi connectivity index (χ4v) is 7.10. The summed E-state index contributed by atoms with van der Waals surface area (Å²) in [4.78, 5) is 61.6. The molecule has 1 fully saturated rings. The molecular formula is C34H33F2N7O4S. The van der Waals surface area contributed by atoms with Crippen LogP contribution in [0.4, 0.5) is 19.3 Å². The summed E-state index contributed by atoms with van der Waals surface area (Å²) >= 11 is 1.17. The molecular weight excluding hydrogens is 640 g/mol. The van der Waals surface area contributed by atoms with Gasteiger partial charge < -0.3 is 20.4 Å². The second-order valence-corrected chi connectivity index (χ2v) is 12.5. The summed E-state index contributed by atoms with van der Waals surface area (Å²) in [5.41, 5.74) is 0.126. The summed E-state index contributed by atoms with van der Waals surface area (Å²) in [6.07, 6.45) is 2.80. The number of anilines is 1. The van der Waals surface area contributed by atoms with Crippen molar-refractivity contribution in [3.63, 3.8) is 0 Å². The molecule has 0 spiro atoms. The van der Waals surface area contributed by atoms with Gasteiger partial charge in [0.05, 0.1) is 11.9 Å². The molecule has 0 bridgehead atoms. The van der Waals surface area contributed by atoms with Crippen LogP contribution in [0.1, 0.15) is 24.0 Å². The molecule has 0 radical (unpaired) electrons. The number of hydrogen-bond acceptors (Lipinski definition) is 7. The average Bonchev–Trinajstić information content (AvgIpc) is 3.67. The van der Waals surface area contributed by atoms with Gasteiger partial charge in [0.1, 0.15) is 22.3 Å². The summed E-state index contributed by atoms with van der Waals surface area (Å²) in [5.74, 6) is -1.46. The van der Waals surface area contributed by atoms with Crippen molar-refractivity contribution in [1.29, 1.82) is 0 Å². The SMILES string of the molecule is CNC(=O)Nc1ccc(-c2sc3c(c2CN(C)CCN2CCCC2=O)c(=O)n(-c2ccccn2)c(=O)n3Cc2c(F)cccc2F)cc1. The number of benzene rings is 2. The van der Waals surface area contributed by atoms with Gasteiger partial charge in [0.2, 0.25) is 5.91 Å². The summed E-state index contributed by atoms with van der Waals surface area (Å²) in [7, 11) is 3.39. The lowest BCUT2D eigenvalue weighted by molar-refractivity contribution is -0.127. The van der Waals surface area contributed by atoms with Crippen LogP contribution in [0.3, 0.4) is 0 Å². The van der Waals surface area contributed by atoms with E-state index in [0.29, 0.717) is 47.7 Å². The van der Waals surface area contributed by atoms with Crippen LogP contribution in [0.15, 0.2) is 76.4 Å². The molecule has 11 nitrogen and oxygen atoms in total. The minimum Gasteiger partial charge on any atom is -0.341 e. The first-order valence-corrected chi connectivity index (χ1v) is 16.2. The van der Waals surface area contributed by atoms with Crippen LogP contribution in [-0.2, 0) is 17.9 Å². The largest absolute Gasteiger partial charge is 0.341 e. The predicted molar refractivity (Wildman–Crippen MR) is 181 cm³/mol. The van der Waals surface area contributed by atoms with Crippen LogP contribution in [0.2, 0.25) is 0 Å². The van der Waals surface area contributed by atoms with E-state index in [1.54, 1.807) is 36.4 Å². The Labute approximate surface area is 278 Å². The molecule has 2 aromatic carbocycles. The summed E-state index contributed by atoms with van der Waals surface area (Å²) in [5, 5.41) is 5.43. The molecule has 4 heterocycles. The molecule has 48 heavy (non-hydrogen) atoms. The van der Waals surface area contributed by atoms with Crippen molar-refractivity contribution in [2.24, 2.45) is 0 Å². The standard InChI is InChI=1S/C34H33F2N7O4S/c1-37-33(46)39-22-13-11-21(12-14-22)30-24(19-40(2)17-18-41-16-6-10-28(41)44)29-31(45)43(27-9-3-4-15-38-27)34(47)42(32(29)48-30)20-23-25(35)7-5-8-26(23)36/h3-5,7-9,11-15H,6,10,16-20H2,1-2H3,(H2,37,39,46). The number of nitrogens with zero attached hydrogens (tertiary/aromatic N) is 5. The molecule has 0 saturated carbocycles. The Morgan fingerprint density at radius 3 is 2.40 bits per heavy atom. The molecule has 5 aromatic rings. The lowest BCUT2D eigenvalue weighted by Crippen LogP contribution is -2.40. The molecule has 6 rings (SSSR count). The van der Waals surface area contributed by atoms with Crippen LogP contribution < -0.4 is 21.9 Å². The predicted octanol–water partition coefficient (Wildman–Crippen LogP) is 4.41. The number of carbonyl (C=O) groups is 2. The van der Waals surface area contributed by atoms with Crippen molar-refractivity contribution in [2.45, 2.75) is 25.9 Å². The molecule has 0 atom stereocenters. The summed E-state index contributed by atoms with van der Waals surface area (Å²) in [6, 6.07) is 14.9. The lowest BCUT2D eigenvalue weighted by Gasteiger charge is -2.22. The fraction of sp³-hybridized carbons (Fsp3) is 0.265.